The highest BCUT2D eigenvalue weighted by Crippen LogP contribution is 2.50. The van der Waals surface area contributed by atoms with Gasteiger partial charge in [0.25, 0.3) is 5.91 Å². The first kappa shape index (κ1) is 24.3. The van der Waals surface area contributed by atoms with Crippen LogP contribution in [0, 0.1) is 23.7 Å². The number of carbonyl (C=O) groups excluding carboxylic acids is 3. The van der Waals surface area contributed by atoms with Crippen molar-refractivity contribution in [2.24, 2.45) is 29.4 Å². The van der Waals surface area contributed by atoms with Crippen LogP contribution in [0.1, 0.15) is 54.6 Å². The van der Waals surface area contributed by atoms with Gasteiger partial charge in [0.05, 0.1) is 11.5 Å². The third-order valence-corrected chi connectivity index (χ3v) is 8.03. The van der Waals surface area contributed by atoms with E-state index in [4.69, 9.17) is 5.73 Å². The lowest BCUT2D eigenvalue weighted by atomic mass is 9.62. The maximum absolute atomic E-state index is 13.7. The van der Waals surface area contributed by atoms with Crippen LogP contribution < -0.4 is 5.73 Å². The molecule has 4 aliphatic rings. The number of aliphatic hydroxyl groups excluding tert-OH is 2. The van der Waals surface area contributed by atoms with Crippen molar-refractivity contribution >= 4 is 23.0 Å². The van der Waals surface area contributed by atoms with Gasteiger partial charge in [-0.15, -0.1) is 0 Å². The number of phenolic OH excluding ortho intramolecular Hbond substituents is 1. The third kappa shape index (κ3) is 3.84. The van der Waals surface area contributed by atoms with Gasteiger partial charge in [-0.2, -0.15) is 0 Å². The van der Waals surface area contributed by atoms with E-state index in [2.05, 4.69) is 24.8 Å². The van der Waals surface area contributed by atoms with Crippen molar-refractivity contribution < 1.29 is 29.7 Å². The fraction of sp³-hybridized carbons (Fsp3) is 0.464. The van der Waals surface area contributed by atoms with Crippen LogP contribution in [0.5, 0.6) is 5.75 Å². The number of benzene rings is 1. The minimum atomic E-state index is -1.10. The molecule has 3 atom stereocenters. The van der Waals surface area contributed by atoms with Crippen molar-refractivity contribution in [3.63, 3.8) is 0 Å². The molecule has 1 aromatic rings. The molecule has 1 aromatic carbocycles. The molecule has 0 bridgehead atoms. The molecule has 0 saturated carbocycles. The molecular formula is C28H32N2O6. The summed E-state index contributed by atoms with van der Waals surface area (Å²) in [6, 6.07) is 3.39. The highest BCUT2D eigenvalue weighted by molar-refractivity contribution is 6.22. The second-order valence-corrected chi connectivity index (χ2v) is 10.9. The van der Waals surface area contributed by atoms with Gasteiger partial charge in [-0.3, -0.25) is 19.3 Å². The van der Waals surface area contributed by atoms with Gasteiger partial charge in [0.1, 0.15) is 22.8 Å². The Morgan fingerprint density at radius 3 is 2.56 bits per heavy atom. The molecule has 3 unspecified atom stereocenters. The van der Waals surface area contributed by atoms with E-state index in [0.29, 0.717) is 18.8 Å². The highest BCUT2D eigenvalue weighted by atomic mass is 16.3. The molecule has 5 rings (SSSR count). The Labute approximate surface area is 209 Å². The maximum Gasteiger partial charge on any atom is 0.255 e. The molecule has 8 heteroatoms. The lowest BCUT2D eigenvalue weighted by molar-refractivity contribution is -0.126. The number of nitrogens with two attached hydrogens (primary N) is 1. The van der Waals surface area contributed by atoms with E-state index >= 15 is 0 Å². The number of Topliss-reactive ketones (excluding diaryl/α,β-unsaturated/α-hetero) is 2. The monoisotopic (exact) mass is 492 g/mol. The second-order valence-electron chi connectivity index (χ2n) is 10.9. The first-order valence-electron chi connectivity index (χ1n) is 12.6. The topological polar surface area (TPSA) is 141 Å². The zero-order valence-corrected chi connectivity index (χ0v) is 20.6. The number of fused-ring (bicyclic) bond motifs is 3. The van der Waals surface area contributed by atoms with Crippen LogP contribution in [-0.2, 0) is 16.0 Å². The number of rotatable bonds is 4. The largest absolute Gasteiger partial charge is 0.511 e. The summed E-state index contributed by atoms with van der Waals surface area (Å²) in [6.07, 6.45) is 3.89. The molecule has 0 saturated heterocycles. The van der Waals surface area contributed by atoms with Gasteiger partial charge >= 0.3 is 0 Å². The van der Waals surface area contributed by atoms with Crippen molar-refractivity contribution in [3.8, 4) is 5.75 Å². The Balaban J connectivity index is 1.54. The number of allylic oxidation sites excluding steroid dienone is 3. The molecule has 1 amide bonds. The summed E-state index contributed by atoms with van der Waals surface area (Å²) in [6.45, 7) is 7.15. The molecule has 0 spiro atoms. The predicted octanol–water partition coefficient (Wildman–Crippen LogP) is 3.21. The fourth-order valence-electron chi connectivity index (χ4n) is 6.58. The number of primary amides is 1. The van der Waals surface area contributed by atoms with Crippen LogP contribution in [-0.4, -0.2) is 57.3 Å². The van der Waals surface area contributed by atoms with Crippen molar-refractivity contribution in [1.82, 2.24) is 4.90 Å². The third-order valence-electron chi connectivity index (χ3n) is 8.03. The SMILES string of the molecule is CC(C)CN1CC=C(c2ccc(O)c3c2CC2CC4CC(O)=C(C(N)=O)C(=O)C4C(O)=C2C3=O)CC1. The van der Waals surface area contributed by atoms with Crippen LogP contribution in [0.4, 0.5) is 0 Å². The van der Waals surface area contributed by atoms with Crippen molar-refractivity contribution in [2.45, 2.75) is 39.5 Å². The highest BCUT2D eigenvalue weighted by Gasteiger charge is 2.50. The van der Waals surface area contributed by atoms with E-state index in [1.807, 2.05) is 6.07 Å². The van der Waals surface area contributed by atoms with E-state index < -0.39 is 34.9 Å². The van der Waals surface area contributed by atoms with Gasteiger partial charge in [0.2, 0.25) is 0 Å². The minimum Gasteiger partial charge on any atom is -0.511 e. The van der Waals surface area contributed by atoms with Crippen molar-refractivity contribution in [1.29, 1.82) is 0 Å². The summed E-state index contributed by atoms with van der Waals surface area (Å²) >= 11 is 0. The lowest BCUT2D eigenvalue weighted by Gasteiger charge is -2.41. The quantitative estimate of drug-likeness (QED) is 0.473. The van der Waals surface area contributed by atoms with Crippen molar-refractivity contribution in [3.05, 3.63) is 57.6 Å². The predicted molar refractivity (Wildman–Crippen MR) is 133 cm³/mol. The summed E-state index contributed by atoms with van der Waals surface area (Å²) in [5.74, 6) is -4.49. The molecule has 0 aromatic heterocycles. The molecule has 8 nitrogen and oxygen atoms in total. The summed E-state index contributed by atoms with van der Waals surface area (Å²) in [7, 11) is 0. The Morgan fingerprint density at radius 2 is 1.92 bits per heavy atom. The number of ketones is 2. The van der Waals surface area contributed by atoms with Crippen LogP contribution in [0.25, 0.3) is 5.57 Å². The first-order valence-corrected chi connectivity index (χ1v) is 12.6. The van der Waals surface area contributed by atoms with Gasteiger partial charge in [-0.25, -0.2) is 0 Å². The number of hydrogen-bond donors (Lipinski definition) is 4. The molecule has 36 heavy (non-hydrogen) atoms. The van der Waals surface area contributed by atoms with E-state index in [0.717, 1.165) is 42.8 Å². The zero-order chi connectivity index (χ0) is 25.9. The zero-order valence-electron chi connectivity index (χ0n) is 20.6. The van der Waals surface area contributed by atoms with E-state index in [1.165, 1.54) is 6.07 Å². The Morgan fingerprint density at radius 1 is 1.17 bits per heavy atom. The number of phenols is 1. The van der Waals surface area contributed by atoms with Gasteiger partial charge < -0.3 is 21.1 Å². The van der Waals surface area contributed by atoms with Crippen LogP contribution in [0.15, 0.2) is 40.9 Å². The number of aliphatic hydroxyl groups is 2. The van der Waals surface area contributed by atoms with Crippen LogP contribution >= 0.6 is 0 Å². The average Bonchev–Trinajstić information content (AvgIpc) is 2.78. The maximum atomic E-state index is 13.7. The van der Waals surface area contributed by atoms with Gasteiger partial charge in [-0.05, 0) is 59.8 Å². The standard InChI is InChI=1S/C28H32N2O6/c1-13(2)12-30-7-5-14(6-8-30)17-3-4-19(31)23-18(17)10-15-9-16-11-20(32)24(28(29)36)27(35)22(16)25(33)21(15)26(23)34/h3-5,13,15-16,22,31-33H,6-12H2,1-2H3,(H2,29,36). The summed E-state index contributed by atoms with van der Waals surface area (Å²) < 4.78 is 0. The molecule has 1 heterocycles. The second kappa shape index (κ2) is 8.92. The number of hydrogen-bond acceptors (Lipinski definition) is 7. The van der Waals surface area contributed by atoms with E-state index in [9.17, 15) is 29.7 Å². The molecule has 1 aliphatic heterocycles. The van der Waals surface area contributed by atoms with Gasteiger partial charge in [0.15, 0.2) is 11.6 Å². The normalized spacial score (nSPS) is 26.5. The molecule has 0 fully saturated rings. The molecule has 5 N–H and O–H groups in total. The van der Waals surface area contributed by atoms with Crippen LogP contribution in [0.3, 0.4) is 0 Å². The van der Waals surface area contributed by atoms with Gasteiger partial charge in [-0.1, -0.05) is 26.0 Å². The smallest absolute Gasteiger partial charge is 0.255 e. The fourth-order valence-corrected chi connectivity index (χ4v) is 6.58. The number of amides is 1. The summed E-state index contributed by atoms with van der Waals surface area (Å²) in [4.78, 5) is 40.8. The molecule has 0 radical (unpaired) electrons. The van der Waals surface area contributed by atoms with Crippen molar-refractivity contribution in [2.75, 3.05) is 19.6 Å². The molecule has 3 aliphatic carbocycles. The lowest BCUT2D eigenvalue weighted by Crippen LogP contribution is -2.43. The van der Waals surface area contributed by atoms with Crippen LogP contribution in [0.2, 0.25) is 0 Å². The number of aromatic hydroxyl groups is 1. The minimum absolute atomic E-state index is 0.0350. The van der Waals surface area contributed by atoms with E-state index in [-0.39, 0.29) is 40.7 Å². The molecule has 190 valence electrons. The Kier molecular flexibility index (Phi) is 6.03. The number of carbonyl (C=O) groups is 3. The first-order chi connectivity index (χ1) is 17.1. The summed E-state index contributed by atoms with van der Waals surface area (Å²) in [5, 5.41) is 32.1. The molecular weight excluding hydrogens is 460 g/mol. The number of nitrogens with zero attached hydrogens (tertiary/aromatic N) is 1. The van der Waals surface area contributed by atoms with Gasteiger partial charge in [0, 0.05) is 31.6 Å². The Bertz CT molecular complexity index is 1270. The Hall–Kier alpha value is -3.39. The van der Waals surface area contributed by atoms with E-state index in [1.54, 1.807) is 0 Å². The average molecular weight is 493 g/mol. The summed E-state index contributed by atoms with van der Waals surface area (Å²) in [5.41, 5.74) is 7.93.